The number of piperidine rings is 1. The summed E-state index contributed by atoms with van der Waals surface area (Å²) in [5.74, 6) is 1.06. The Balaban J connectivity index is 1.73. The van der Waals surface area contributed by atoms with E-state index < -0.39 is 0 Å². The number of carbonyl (C=O) groups excluding carboxylic acids is 1. The van der Waals surface area contributed by atoms with Crippen molar-refractivity contribution in [1.29, 1.82) is 0 Å². The summed E-state index contributed by atoms with van der Waals surface area (Å²) in [6.45, 7) is 2.71. The Hall–Kier alpha value is -1.71. The maximum absolute atomic E-state index is 10.3. The molecule has 2 aliphatic rings. The van der Waals surface area contributed by atoms with Gasteiger partial charge < -0.3 is 15.0 Å². The SMILES string of the molecule is O=[C]NC1CCN(c2cccc3c2OCC3)CC1. The largest absolute Gasteiger partial charge is 0.491 e. The average molecular weight is 245 g/mol. The number of hydrogen-bond donors (Lipinski definition) is 1. The number of ether oxygens (including phenoxy) is 1. The molecule has 2 aliphatic heterocycles. The molecule has 1 N–H and O–H groups in total. The van der Waals surface area contributed by atoms with Gasteiger partial charge in [-0.05, 0) is 24.5 Å². The predicted octanol–water partition coefficient (Wildman–Crippen LogP) is 1.25. The van der Waals surface area contributed by atoms with Crippen molar-refractivity contribution in [3.05, 3.63) is 23.8 Å². The minimum Gasteiger partial charge on any atom is -0.491 e. The summed E-state index contributed by atoms with van der Waals surface area (Å²) in [4.78, 5) is 12.7. The highest BCUT2D eigenvalue weighted by Gasteiger charge is 2.24. The Morgan fingerprint density at radius 1 is 1.33 bits per heavy atom. The van der Waals surface area contributed by atoms with Crippen molar-refractivity contribution >= 4 is 12.1 Å². The lowest BCUT2D eigenvalue weighted by Crippen LogP contribution is -2.42. The molecule has 4 heteroatoms. The topological polar surface area (TPSA) is 41.6 Å². The zero-order valence-corrected chi connectivity index (χ0v) is 10.3. The molecule has 95 valence electrons. The molecule has 1 amide bonds. The normalized spacial score (nSPS) is 19.2. The highest BCUT2D eigenvalue weighted by molar-refractivity contribution is 5.63. The first-order chi connectivity index (χ1) is 8.88. The van der Waals surface area contributed by atoms with Gasteiger partial charge in [-0.3, -0.25) is 4.79 Å². The molecule has 0 saturated carbocycles. The summed E-state index contributed by atoms with van der Waals surface area (Å²) in [7, 11) is 0. The number of para-hydroxylation sites is 1. The summed E-state index contributed by atoms with van der Waals surface area (Å²) >= 11 is 0. The summed E-state index contributed by atoms with van der Waals surface area (Å²) in [5, 5.41) is 2.75. The number of rotatable bonds is 3. The fourth-order valence-corrected chi connectivity index (χ4v) is 2.79. The highest BCUT2D eigenvalue weighted by Crippen LogP contribution is 2.37. The molecule has 1 fully saturated rings. The molecule has 4 nitrogen and oxygen atoms in total. The van der Waals surface area contributed by atoms with E-state index in [1.165, 1.54) is 11.3 Å². The first-order valence-electron chi connectivity index (χ1n) is 6.51. The molecule has 0 bridgehead atoms. The van der Waals surface area contributed by atoms with Crippen LogP contribution in [-0.4, -0.2) is 32.1 Å². The molecule has 0 aliphatic carbocycles. The van der Waals surface area contributed by atoms with Crippen LogP contribution in [0.5, 0.6) is 5.75 Å². The third kappa shape index (κ3) is 2.03. The first-order valence-corrected chi connectivity index (χ1v) is 6.51. The zero-order chi connectivity index (χ0) is 12.4. The van der Waals surface area contributed by atoms with Crippen LogP contribution < -0.4 is 15.0 Å². The Morgan fingerprint density at radius 3 is 2.94 bits per heavy atom. The van der Waals surface area contributed by atoms with Gasteiger partial charge in [0.15, 0.2) is 0 Å². The second kappa shape index (κ2) is 4.88. The number of amides is 1. The lowest BCUT2D eigenvalue weighted by Gasteiger charge is -2.33. The molecule has 1 aromatic carbocycles. The fourth-order valence-electron chi connectivity index (χ4n) is 2.79. The van der Waals surface area contributed by atoms with Crippen molar-refractivity contribution in [3.8, 4) is 5.75 Å². The molecule has 1 radical (unpaired) electrons. The summed E-state index contributed by atoms with van der Waals surface area (Å²) < 4.78 is 5.74. The van der Waals surface area contributed by atoms with E-state index in [4.69, 9.17) is 4.74 Å². The van der Waals surface area contributed by atoms with Gasteiger partial charge in [-0.2, -0.15) is 0 Å². The number of fused-ring (bicyclic) bond motifs is 1. The molecule has 0 atom stereocenters. The molecule has 0 unspecified atom stereocenters. The van der Waals surface area contributed by atoms with E-state index in [2.05, 4.69) is 28.4 Å². The lowest BCUT2D eigenvalue weighted by atomic mass is 10.0. The average Bonchev–Trinajstić information content (AvgIpc) is 2.88. The van der Waals surface area contributed by atoms with E-state index in [0.717, 1.165) is 44.7 Å². The van der Waals surface area contributed by atoms with Crippen molar-refractivity contribution in [1.82, 2.24) is 5.32 Å². The van der Waals surface area contributed by atoms with Crippen LogP contribution in [0.2, 0.25) is 0 Å². The van der Waals surface area contributed by atoms with Gasteiger partial charge in [0.05, 0.1) is 12.3 Å². The molecule has 1 aromatic rings. The van der Waals surface area contributed by atoms with E-state index in [1.54, 1.807) is 6.41 Å². The number of nitrogens with one attached hydrogen (secondary N) is 1. The Bertz CT molecular complexity index is 439. The van der Waals surface area contributed by atoms with Gasteiger partial charge in [-0.15, -0.1) is 0 Å². The lowest BCUT2D eigenvalue weighted by molar-refractivity contribution is 0.355. The van der Waals surface area contributed by atoms with Crippen LogP contribution in [0, 0.1) is 0 Å². The van der Waals surface area contributed by atoms with Crippen LogP contribution in [0.3, 0.4) is 0 Å². The smallest absolute Gasteiger partial charge is 0.309 e. The number of anilines is 1. The van der Waals surface area contributed by atoms with Crippen molar-refractivity contribution in [2.75, 3.05) is 24.6 Å². The van der Waals surface area contributed by atoms with E-state index in [1.807, 2.05) is 0 Å². The Morgan fingerprint density at radius 2 is 2.17 bits per heavy atom. The molecule has 18 heavy (non-hydrogen) atoms. The van der Waals surface area contributed by atoms with E-state index in [-0.39, 0.29) is 6.04 Å². The standard InChI is InChI=1S/C14H17N2O2/c17-10-15-12-4-7-16(8-5-12)13-3-1-2-11-6-9-18-14(11)13/h1-3,12H,4-9H2,(H,15,17). The third-order valence-corrected chi connectivity index (χ3v) is 3.79. The van der Waals surface area contributed by atoms with Crippen LogP contribution >= 0.6 is 0 Å². The summed E-state index contributed by atoms with van der Waals surface area (Å²) in [5.41, 5.74) is 2.52. The van der Waals surface area contributed by atoms with Crippen LogP contribution in [0.1, 0.15) is 18.4 Å². The predicted molar refractivity (Wildman–Crippen MR) is 69.7 cm³/mol. The molecular formula is C14H17N2O2. The van der Waals surface area contributed by atoms with E-state index >= 15 is 0 Å². The monoisotopic (exact) mass is 245 g/mol. The van der Waals surface area contributed by atoms with E-state index in [9.17, 15) is 4.79 Å². The highest BCUT2D eigenvalue weighted by atomic mass is 16.5. The van der Waals surface area contributed by atoms with Gasteiger partial charge in [0.1, 0.15) is 5.75 Å². The first kappa shape index (κ1) is 11.4. The molecule has 3 rings (SSSR count). The van der Waals surface area contributed by atoms with Gasteiger partial charge in [-0.1, -0.05) is 12.1 Å². The minimum atomic E-state index is 0.274. The summed E-state index contributed by atoms with van der Waals surface area (Å²) in [6.07, 6.45) is 4.75. The molecule has 0 spiro atoms. The third-order valence-electron chi connectivity index (χ3n) is 3.79. The van der Waals surface area contributed by atoms with Crippen molar-refractivity contribution in [3.63, 3.8) is 0 Å². The quantitative estimate of drug-likeness (QED) is 0.815. The molecule has 0 aromatic heterocycles. The number of benzene rings is 1. The van der Waals surface area contributed by atoms with Gasteiger partial charge in [0, 0.05) is 25.6 Å². The fraction of sp³-hybridized carbons (Fsp3) is 0.500. The number of hydrogen-bond acceptors (Lipinski definition) is 3. The van der Waals surface area contributed by atoms with Gasteiger partial charge >= 0.3 is 6.41 Å². The van der Waals surface area contributed by atoms with E-state index in [0.29, 0.717) is 0 Å². The second-order valence-corrected chi connectivity index (χ2v) is 4.87. The zero-order valence-electron chi connectivity index (χ0n) is 10.3. The van der Waals surface area contributed by atoms with Crippen LogP contribution in [0.25, 0.3) is 0 Å². The Labute approximate surface area is 107 Å². The van der Waals surface area contributed by atoms with Crippen molar-refractivity contribution < 1.29 is 9.53 Å². The van der Waals surface area contributed by atoms with Crippen LogP contribution in [0.15, 0.2) is 18.2 Å². The van der Waals surface area contributed by atoms with Crippen molar-refractivity contribution in [2.45, 2.75) is 25.3 Å². The maximum atomic E-state index is 10.3. The maximum Gasteiger partial charge on any atom is 0.309 e. The molecule has 1 saturated heterocycles. The van der Waals surface area contributed by atoms with Crippen molar-refractivity contribution in [2.24, 2.45) is 0 Å². The Kier molecular flexibility index (Phi) is 3.09. The summed E-state index contributed by atoms with van der Waals surface area (Å²) in [6, 6.07) is 6.65. The van der Waals surface area contributed by atoms with Crippen LogP contribution in [0.4, 0.5) is 5.69 Å². The van der Waals surface area contributed by atoms with Gasteiger partial charge in [-0.25, -0.2) is 0 Å². The number of nitrogens with zero attached hydrogens (tertiary/aromatic N) is 1. The second-order valence-electron chi connectivity index (χ2n) is 4.87. The van der Waals surface area contributed by atoms with Crippen LogP contribution in [-0.2, 0) is 11.2 Å². The van der Waals surface area contributed by atoms with Gasteiger partial charge in [0.25, 0.3) is 0 Å². The molecular weight excluding hydrogens is 228 g/mol. The van der Waals surface area contributed by atoms with Gasteiger partial charge in [0.2, 0.25) is 0 Å². The minimum absolute atomic E-state index is 0.274. The molecule has 2 heterocycles.